The summed E-state index contributed by atoms with van der Waals surface area (Å²) >= 11 is 0. The molecule has 0 saturated heterocycles. The maximum Gasteiger partial charge on any atom is 0.255 e. The minimum Gasteiger partial charge on any atom is -0.330 e. The van der Waals surface area contributed by atoms with E-state index in [0.29, 0.717) is 29.8 Å². The second-order valence-corrected chi connectivity index (χ2v) is 4.22. The standard InChI is InChI=1S/C15H14N4O/c16-6-4-13-9-12(5-7-18-13)15(20)19-14-3-1-2-11(8-14)10-17/h1-3,5,7-9H,4,6,16H2,(H,19,20). The predicted octanol–water partition coefficient (Wildman–Crippen LogP) is 1.71. The normalized spacial score (nSPS) is 9.80. The van der Waals surface area contributed by atoms with E-state index in [4.69, 9.17) is 11.0 Å². The number of anilines is 1. The smallest absolute Gasteiger partial charge is 0.255 e. The van der Waals surface area contributed by atoms with E-state index in [0.717, 1.165) is 5.69 Å². The van der Waals surface area contributed by atoms with Crippen LogP contribution in [-0.4, -0.2) is 17.4 Å². The predicted molar refractivity (Wildman–Crippen MR) is 76.1 cm³/mol. The summed E-state index contributed by atoms with van der Waals surface area (Å²) in [6.07, 6.45) is 2.22. The second-order valence-electron chi connectivity index (χ2n) is 4.22. The molecule has 0 unspecified atom stereocenters. The summed E-state index contributed by atoms with van der Waals surface area (Å²) in [5.41, 5.74) is 7.86. The lowest BCUT2D eigenvalue weighted by molar-refractivity contribution is 0.102. The number of hydrogen-bond donors (Lipinski definition) is 2. The summed E-state index contributed by atoms with van der Waals surface area (Å²) in [5.74, 6) is -0.235. The van der Waals surface area contributed by atoms with Gasteiger partial charge in [0.05, 0.1) is 11.6 Å². The van der Waals surface area contributed by atoms with Crippen LogP contribution in [0.2, 0.25) is 0 Å². The molecule has 0 aliphatic rings. The monoisotopic (exact) mass is 266 g/mol. The number of aromatic nitrogens is 1. The number of amides is 1. The first-order chi connectivity index (χ1) is 9.72. The highest BCUT2D eigenvalue weighted by Crippen LogP contribution is 2.12. The molecule has 1 heterocycles. The Hall–Kier alpha value is -2.71. The lowest BCUT2D eigenvalue weighted by Crippen LogP contribution is -2.13. The number of pyridine rings is 1. The van der Waals surface area contributed by atoms with Crippen molar-refractivity contribution in [2.75, 3.05) is 11.9 Å². The van der Waals surface area contributed by atoms with E-state index in [2.05, 4.69) is 10.3 Å². The van der Waals surface area contributed by atoms with Crippen molar-refractivity contribution in [3.05, 3.63) is 59.4 Å². The highest BCUT2D eigenvalue weighted by Gasteiger charge is 2.07. The molecule has 1 aromatic heterocycles. The summed E-state index contributed by atoms with van der Waals surface area (Å²) in [4.78, 5) is 16.3. The molecule has 0 atom stereocenters. The van der Waals surface area contributed by atoms with Gasteiger partial charge in [0.25, 0.3) is 5.91 Å². The average Bonchev–Trinajstić information content (AvgIpc) is 2.48. The number of rotatable bonds is 4. The first-order valence-corrected chi connectivity index (χ1v) is 6.19. The number of nitrogens with two attached hydrogens (primary N) is 1. The third-order valence-electron chi connectivity index (χ3n) is 2.73. The fourth-order valence-electron chi connectivity index (χ4n) is 1.77. The maximum absolute atomic E-state index is 12.1. The summed E-state index contributed by atoms with van der Waals surface area (Å²) in [6.45, 7) is 0.488. The van der Waals surface area contributed by atoms with E-state index in [1.165, 1.54) is 0 Å². The topological polar surface area (TPSA) is 91.8 Å². The van der Waals surface area contributed by atoms with Crippen LogP contribution < -0.4 is 11.1 Å². The second kappa shape index (κ2) is 6.45. The van der Waals surface area contributed by atoms with Crippen LogP contribution in [0.25, 0.3) is 0 Å². The molecule has 1 amide bonds. The maximum atomic E-state index is 12.1. The third kappa shape index (κ3) is 3.40. The molecular weight excluding hydrogens is 252 g/mol. The zero-order chi connectivity index (χ0) is 14.4. The van der Waals surface area contributed by atoms with Crippen LogP contribution in [-0.2, 0) is 6.42 Å². The van der Waals surface area contributed by atoms with Gasteiger partial charge in [0.1, 0.15) is 0 Å². The quantitative estimate of drug-likeness (QED) is 0.881. The number of carbonyl (C=O) groups excluding carboxylic acids is 1. The van der Waals surface area contributed by atoms with Gasteiger partial charge in [-0.3, -0.25) is 9.78 Å². The molecule has 0 fully saturated rings. The van der Waals surface area contributed by atoms with E-state index in [9.17, 15) is 4.79 Å². The Morgan fingerprint density at radius 3 is 2.95 bits per heavy atom. The zero-order valence-electron chi connectivity index (χ0n) is 10.8. The van der Waals surface area contributed by atoms with Crippen LogP contribution in [0.4, 0.5) is 5.69 Å². The zero-order valence-corrected chi connectivity index (χ0v) is 10.8. The molecule has 0 aliphatic heterocycles. The molecule has 1 aromatic carbocycles. The van der Waals surface area contributed by atoms with Gasteiger partial charge in [0, 0.05) is 29.6 Å². The molecule has 0 radical (unpaired) electrons. The van der Waals surface area contributed by atoms with Gasteiger partial charge in [-0.25, -0.2) is 0 Å². The number of benzene rings is 1. The fraction of sp³-hybridized carbons (Fsp3) is 0.133. The Balaban J connectivity index is 2.15. The minimum absolute atomic E-state index is 0.235. The largest absolute Gasteiger partial charge is 0.330 e. The van der Waals surface area contributed by atoms with Crippen molar-refractivity contribution < 1.29 is 4.79 Å². The lowest BCUT2D eigenvalue weighted by Gasteiger charge is -2.06. The molecule has 0 spiro atoms. The van der Waals surface area contributed by atoms with Gasteiger partial charge in [0.15, 0.2) is 0 Å². The number of hydrogen-bond acceptors (Lipinski definition) is 4. The van der Waals surface area contributed by atoms with Gasteiger partial charge < -0.3 is 11.1 Å². The van der Waals surface area contributed by atoms with E-state index < -0.39 is 0 Å². The molecule has 3 N–H and O–H groups in total. The van der Waals surface area contributed by atoms with E-state index >= 15 is 0 Å². The summed E-state index contributed by atoms with van der Waals surface area (Å²) < 4.78 is 0. The van der Waals surface area contributed by atoms with Gasteiger partial charge in [-0.1, -0.05) is 6.07 Å². The third-order valence-corrected chi connectivity index (χ3v) is 2.73. The molecule has 2 rings (SSSR count). The van der Waals surface area contributed by atoms with E-state index in [-0.39, 0.29) is 5.91 Å². The Morgan fingerprint density at radius 2 is 2.20 bits per heavy atom. The molecule has 5 nitrogen and oxygen atoms in total. The Morgan fingerprint density at radius 1 is 1.35 bits per heavy atom. The van der Waals surface area contributed by atoms with Crippen LogP contribution >= 0.6 is 0 Å². The van der Waals surface area contributed by atoms with Gasteiger partial charge in [-0.05, 0) is 36.9 Å². The van der Waals surface area contributed by atoms with E-state index in [1.807, 2.05) is 6.07 Å². The summed E-state index contributed by atoms with van der Waals surface area (Å²) in [6, 6.07) is 12.2. The summed E-state index contributed by atoms with van der Waals surface area (Å²) in [7, 11) is 0. The first kappa shape index (κ1) is 13.7. The van der Waals surface area contributed by atoms with Crippen LogP contribution in [0.15, 0.2) is 42.6 Å². The molecular formula is C15H14N4O. The van der Waals surface area contributed by atoms with Crippen molar-refractivity contribution in [2.45, 2.75) is 6.42 Å². The van der Waals surface area contributed by atoms with Crippen LogP contribution in [0.5, 0.6) is 0 Å². The van der Waals surface area contributed by atoms with Crippen molar-refractivity contribution in [1.82, 2.24) is 4.98 Å². The van der Waals surface area contributed by atoms with Gasteiger partial charge in [0.2, 0.25) is 0 Å². The Labute approximate surface area is 117 Å². The number of nitriles is 1. The number of nitrogens with one attached hydrogen (secondary N) is 1. The first-order valence-electron chi connectivity index (χ1n) is 6.19. The van der Waals surface area contributed by atoms with Crippen LogP contribution in [0.3, 0.4) is 0 Å². The fourth-order valence-corrected chi connectivity index (χ4v) is 1.77. The van der Waals surface area contributed by atoms with Crippen LogP contribution in [0.1, 0.15) is 21.6 Å². The summed E-state index contributed by atoms with van der Waals surface area (Å²) in [5, 5.41) is 11.6. The van der Waals surface area contributed by atoms with Gasteiger partial charge >= 0.3 is 0 Å². The van der Waals surface area contributed by atoms with Crippen molar-refractivity contribution in [2.24, 2.45) is 5.73 Å². The van der Waals surface area contributed by atoms with Crippen molar-refractivity contribution in [3.8, 4) is 6.07 Å². The lowest BCUT2D eigenvalue weighted by atomic mass is 10.1. The Bertz CT molecular complexity index is 661. The molecule has 0 aliphatic carbocycles. The average molecular weight is 266 g/mol. The SMILES string of the molecule is N#Cc1cccc(NC(=O)c2ccnc(CCN)c2)c1. The molecule has 20 heavy (non-hydrogen) atoms. The molecule has 0 saturated carbocycles. The highest BCUT2D eigenvalue weighted by molar-refractivity contribution is 6.04. The van der Waals surface area contributed by atoms with Crippen molar-refractivity contribution in [3.63, 3.8) is 0 Å². The highest BCUT2D eigenvalue weighted by atomic mass is 16.1. The Kier molecular flexibility index (Phi) is 4.43. The van der Waals surface area contributed by atoms with Crippen molar-refractivity contribution in [1.29, 1.82) is 5.26 Å². The molecule has 2 aromatic rings. The van der Waals surface area contributed by atoms with Crippen LogP contribution in [0, 0.1) is 11.3 Å². The van der Waals surface area contributed by atoms with Gasteiger partial charge in [-0.15, -0.1) is 0 Å². The number of nitrogens with zero attached hydrogens (tertiary/aromatic N) is 2. The van der Waals surface area contributed by atoms with Crippen molar-refractivity contribution >= 4 is 11.6 Å². The van der Waals surface area contributed by atoms with E-state index in [1.54, 1.807) is 42.6 Å². The minimum atomic E-state index is -0.235. The molecule has 0 bridgehead atoms. The van der Waals surface area contributed by atoms with Gasteiger partial charge in [-0.2, -0.15) is 5.26 Å². The molecule has 5 heteroatoms. The molecule has 100 valence electrons. The number of carbonyl (C=O) groups is 1.